The third-order valence-electron chi connectivity index (χ3n) is 4.49. The van der Waals surface area contributed by atoms with E-state index in [1.165, 1.54) is 10.9 Å². The minimum atomic E-state index is 0.175. The van der Waals surface area contributed by atoms with Crippen molar-refractivity contribution in [2.45, 2.75) is 25.9 Å². The van der Waals surface area contributed by atoms with Crippen LogP contribution < -0.4 is 10.2 Å². The van der Waals surface area contributed by atoms with Crippen LogP contribution in [0.1, 0.15) is 18.9 Å². The second-order valence-corrected chi connectivity index (χ2v) is 5.90. The number of rotatable bonds is 4. The molecule has 112 valence electrons. The van der Waals surface area contributed by atoms with Crippen molar-refractivity contribution in [3.8, 4) is 0 Å². The molecular formula is C17H23N3O. The molecule has 2 aromatic rings. The highest BCUT2D eigenvalue weighted by atomic mass is 16.3. The number of nitrogens with zero attached hydrogens (tertiary/aromatic N) is 2. The molecule has 1 saturated heterocycles. The van der Waals surface area contributed by atoms with Crippen molar-refractivity contribution in [1.82, 2.24) is 10.3 Å². The lowest BCUT2D eigenvalue weighted by atomic mass is 10.0. The molecule has 21 heavy (non-hydrogen) atoms. The Hall–Kier alpha value is -1.65. The SMILES string of the molecule is CNCc1cc2ccccc2nc1N1CCC(C)C1CO. The lowest BCUT2D eigenvalue weighted by molar-refractivity contribution is 0.244. The normalized spacial score (nSPS) is 22.1. The lowest BCUT2D eigenvalue weighted by Gasteiger charge is -2.28. The number of pyridine rings is 1. The van der Waals surface area contributed by atoms with Crippen LogP contribution in [0.2, 0.25) is 0 Å². The molecule has 1 aliphatic heterocycles. The van der Waals surface area contributed by atoms with Gasteiger partial charge < -0.3 is 15.3 Å². The molecule has 2 N–H and O–H groups in total. The summed E-state index contributed by atoms with van der Waals surface area (Å²) in [5, 5.41) is 14.1. The van der Waals surface area contributed by atoms with E-state index >= 15 is 0 Å². The molecule has 4 heteroatoms. The van der Waals surface area contributed by atoms with Gasteiger partial charge in [0.25, 0.3) is 0 Å². The summed E-state index contributed by atoms with van der Waals surface area (Å²) in [6.07, 6.45) is 1.11. The summed E-state index contributed by atoms with van der Waals surface area (Å²) < 4.78 is 0. The van der Waals surface area contributed by atoms with Gasteiger partial charge in [-0.2, -0.15) is 0 Å². The Labute approximate surface area is 125 Å². The summed E-state index contributed by atoms with van der Waals surface area (Å²) in [7, 11) is 1.95. The van der Waals surface area contributed by atoms with E-state index in [4.69, 9.17) is 4.98 Å². The molecule has 1 aromatic carbocycles. The van der Waals surface area contributed by atoms with Crippen LogP contribution >= 0.6 is 0 Å². The van der Waals surface area contributed by atoms with E-state index in [-0.39, 0.29) is 12.6 Å². The van der Waals surface area contributed by atoms with Crippen molar-refractivity contribution in [1.29, 1.82) is 0 Å². The Morgan fingerprint density at radius 2 is 2.19 bits per heavy atom. The Balaban J connectivity index is 2.09. The molecule has 0 bridgehead atoms. The number of fused-ring (bicyclic) bond motifs is 1. The van der Waals surface area contributed by atoms with Crippen LogP contribution in [0.5, 0.6) is 0 Å². The van der Waals surface area contributed by atoms with E-state index in [1.807, 2.05) is 19.2 Å². The topological polar surface area (TPSA) is 48.4 Å². The van der Waals surface area contributed by atoms with Crippen LogP contribution in [0.3, 0.4) is 0 Å². The maximum Gasteiger partial charge on any atom is 0.134 e. The van der Waals surface area contributed by atoms with Crippen LogP contribution in [0.4, 0.5) is 5.82 Å². The number of aromatic nitrogens is 1. The molecule has 0 radical (unpaired) electrons. The van der Waals surface area contributed by atoms with Crippen LogP contribution in [-0.2, 0) is 6.54 Å². The number of anilines is 1. The molecule has 0 aliphatic carbocycles. The summed E-state index contributed by atoms with van der Waals surface area (Å²) in [5.41, 5.74) is 2.22. The average molecular weight is 285 g/mol. The second-order valence-electron chi connectivity index (χ2n) is 5.90. The molecule has 0 amide bonds. The largest absolute Gasteiger partial charge is 0.394 e. The quantitative estimate of drug-likeness (QED) is 0.904. The molecule has 1 aliphatic rings. The third kappa shape index (κ3) is 2.61. The van der Waals surface area contributed by atoms with E-state index < -0.39 is 0 Å². The first-order valence-electron chi connectivity index (χ1n) is 7.65. The number of aliphatic hydroxyl groups is 1. The average Bonchev–Trinajstić information content (AvgIpc) is 2.87. The predicted molar refractivity (Wildman–Crippen MR) is 86.5 cm³/mol. The maximum atomic E-state index is 9.72. The molecule has 2 heterocycles. The van der Waals surface area contributed by atoms with Crippen LogP contribution in [0, 0.1) is 5.92 Å². The fraction of sp³-hybridized carbons (Fsp3) is 0.471. The van der Waals surface area contributed by atoms with Crippen molar-refractivity contribution >= 4 is 16.7 Å². The van der Waals surface area contributed by atoms with Gasteiger partial charge in [0.1, 0.15) is 5.82 Å². The van der Waals surface area contributed by atoms with E-state index in [2.05, 4.69) is 35.3 Å². The van der Waals surface area contributed by atoms with Crippen molar-refractivity contribution in [3.63, 3.8) is 0 Å². The number of nitrogens with one attached hydrogen (secondary N) is 1. The molecule has 3 rings (SSSR count). The number of para-hydroxylation sites is 1. The highest BCUT2D eigenvalue weighted by Gasteiger charge is 2.32. The Bertz CT molecular complexity index is 628. The van der Waals surface area contributed by atoms with Gasteiger partial charge in [-0.1, -0.05) is 25.1 Å². The number of hydrogen-bond donors (Lipinski definition) is 2. The van der Waals surface area contributed by atoms with Gasteiger partial charge in [0.15, 0.2) is 0 Å². The minimum absolute atomic E-state index is 0.175. The van der Waals surface area contributed by atoms with E-state index in [1.54, 1.807) is 0 Å². The van der Waals surface area contributed by atoms with Crippen LogP contribution in [0.25, 0.3) is 10.9 Å². The second kappa shape index (κ2) is 6.00. The van der Waals surface area contributed by atoms with Crippen molar-refractivity contribution in [2.24, 2.45) is 5.92 Å². The molecule has 0 spiro atoms. The number of benzene rings is 1. The molecule has 0 saturated carbocycles. The first kappa shape index (κ1) is 14.3. The van der Waals surface area contributed by atoms with Gasteiger partial charge in [-0.3, -0.25) is 0 Å². The number of hydrogen-bond acceptors (Lipinski definition) is 4. The van der Waals surface area contributed by atoms with Gasteiger partial charge in [-0.05, 0) is 31.5 Å². The zero-order valence-electron chi connectivity index (χ0n) is 12.7. The monoisotopic (exact) mass is 285 g/mol. The first-order valence-corrected chi connectivity index (χ1v) is 7.65. The highest BCUT2D eigenvalue weighted by molar-refractivity contribution is 5.82. The Kier molecular flexibility index (Phi) is 4.08. The summed E-state index contributed by atoms with van der Waals surface area (Å²) in [4.78, 5) is 7.16. The Morgan fingerprint density at radius 3 is 2.95 bits per heavy atom. The molecule has 2 unspecified atom stereocenters. The molecule has 1 fully saturated rings. The van der Waals surface area contributed by atoms with Crippen molar-refractivity contribution < 1.29 is 5.11 Å². The van der Waals surface area contributed by atoms with Crippen LogP contribution in [-0.4, -0.2) is 36.3 Å². The van der Waals surface area contributed by atoms with Gasteiger partial charge >= 0.3 is 0 Å². The van der Waals surface area contributed by atoms with E-state index in [9.17, 15) is 5.11 Å². The van der Waals surface area contributed by atoms with Gasteiger partial charge in [0, 0.05) is 24.0 Å². The van der Waals surface area contributed by atoms with Crippen molar-refractivity contribution in [3.05, 3.63) is 35.9 Å². The Morgan fingerprint density at radius 1 is 1.38 bits per heavy atom. The summed E-state index contributed by atoms with van der Waals surface area (Å²) in [6.45, 7) is 4.15. The standard InChI is InChI=1S/C17H23N3O/c1-12-7-8-20(16(12)11-21)17-14(10-18-2)9-13-5-3-4-6-15(13)19-17/h3-6,9,12,16,18,21H,7-8,10-11H2,1-2H3. The highest BCUT2D eigenvalue weighted by Crippen LogP contribution is 2.32. The van der Waals surface area contributed by atoms with E-state index in [0.717, 1.165) is 30.8 Å². The van der Waals surface area contributed by atoms with Crippen LogP contribution in [0.15, 0.2) is 30.3 Å². The fourth-order valence-corrected chi connectivity index (χ4v) is 3.27. The predicted octanol–water partition coefficient (Wildman–Crippen LogP) is 2.16. The third-order valence-corrected chi connectivity index (χ3v) is 4.49. The zero-order valence-corrected chi connectivity index (χ0v) is 12.7. The zero-order chi connectivity index (χ0) is 14.8. The first-order chi connectivity index (χ1) is 10.2. The summed E-state index contributed by atoms with van der Waals surface area (Å²) in [5.74, 6) is 1.53. The summed E-state index contributed by atoms with van der Waals surface area (Å²) in [6, 6.07) is 10.6. The lowest BCUT2D eigenvalue weighted by Crippen LogP contribution is -2.36. The summed E-state index contributed by atoms with van der Waals surface area (Å²) >= 11 is 0. The molecule has 2 atom stereocenters. The maximum absolute atomic E-state index is 9.72. The number of aliphatic hydroxyl groups excluding tert-OH is 1. The minimum Gasteiger partial charge on any atom is -0.394 e. The van der Waals surface area contributed by atoms with Gasteiger partial charge in [-0.15, -0.1) is 0 Å². The van der Waals surface area contributed by atoms with Gasteiger partial charge in [0.05, 0.1) is 18.2 Å². The van der Waals surface area contributed by atoms with Crippen molar-refractivity contribution in [2.75, 3.05) is 25.1 Å². The molecule has 4 nitrogen and oxygen atoms in total. The molecule has 1 aromatic heterocycles. The smallest absolute Gasteiger partial charge is 0.134 e. The van der Waals surface area contributed by atoms with Gasteiger partial charge in [-0.25, -0.2) is 4.98 Å². The molecular weight excluding hydrogens is 262 g/mol. The van der Waals surface area contributed by atoms with E-state index in [0.29, 0.717) is 5.92 Å². The van der Waals surface area contributed by atoms with Gasteiger partial charge in [0.2, 0.25) is 0 Å². The fourth-order valence-electron chi connectivity index (χ4n) is 3.27.